The number of carbonyl (C=O) groups is 1. The molecule has 3 fully saturated rings. The number of ether oxygens (including phenoxy) is 1. The van der Waals surface area contributed by atoms with Crippen molar-refractivity contribution < 1.29 is 9.53 Å². The first-order chi connectivity index (χ1) is 13.1. The zero-order valence-electron chi connectivity index (χ0n) is 20.7. The van der Waals surface area contributed by atoms with E-state index >= 15 is 0 Å². The van der Waals surface area contributed by atoms with Crippen LogP contribution in [0.2, 0.25) is 0 Å². The summed E-state index contributed by atoms with van der Waals surface area (Å²) in [6.07, 6.45) is 6.92. The Kier molecular flexibility index (Phi) is 5.55. The highest BCUT2D eigenvalue weighted by atomic mass is 16.6. The van der Waals surface area contributed by atoms with E-state index in [1.807, 2.05) is 0 Å². The van der Waals surface area contributed by atoms with Crippen LogP contribution >= 0.6 is 0 Å². The zero-order chi connectivity index (χ0) is 22.0. The van der Waals surface area contributed by atoms with Gasteiger partial charge in [-0.25, -0.2) is 0 Å². The number of esters is 1. The van der Waals surface area contributed by atoms with Crippen LogP contribution in [0.15, 0.2) is 0 Å². The lowest BCUT2D eigenvalue weighted by atomic mass is 9.56. The summed E-state index contributed by atoms with van der Waals surface area (Å²) in [7, 11) is 0. The average molecular weight is 406 g/mol. The fourth-order valence-corrected chi connectivity index (χ4v) is 8.00. The molecule has 3 heteroatoms. The summed E-state index contributed by atoms with van der Waals surface area (Å²) in [5.74, 6) is 1.71. The van der Waals surface area contributed by atoms with E-state index < -0.39 is 5.60 Å². The van der Waals surface area contributed by atoms with Gasteiger partial charge in [-0.1, -0.05) is 62.3 Å². The monoisotopic (exact) mass is 405 g/mol. The second kappa shape index (κ2) is 6.97. The van der Waals surface area contributed by atoms with Crippen LogP contribution in [0.3, 0.4) is 0 Å². The number of carbonyl (C=O) groups excluding carboxylic acids is 1. The van der Waals surface area contributed by atoms with Crippen LogP contribution in [-0.4, -0.2) is 18.1 Å². The van der Waals surface area contributed by atoms with Crippen LogP contribution in [0.25, 0.3) is 0 Å². The van der Waals surface area contributed by atoms with Gasteiger partial charge >= 0.3 is 5.97 Å². The van der Waals surface area contributed by atoms with Crippen LogP contribution in [-0.2, 0) is 9.53 Å². The molecule has 0 amide bonds. The Morgan fingerprint density at radius 2 is 1.69 bits per heavy atom. The van der Waals surface area contributed by atoms with Gasteiger partial charge in [0.2, 0.25) is 0 Å². The van der Waals surface area contributed by atoms with Gasteiger partial charge in [-0.05, 0) is 66.6 Å². The van der Waals surface area contributed by atoms with E-state index in [4.69, 9.17) is 10.5 Å². The Hall–Kier alpha value is -0.570. The molecule has 3 aliphatic carbocycles. The molecule has 0 heterocycles. The maximum Gasteiger partial charge on any atom is 0.310 e. The molecule has 168 valence electrons. The second-order valence-electron chi connectivity index (χ2n) is 13.6. The molecule has 2 bridgehead atoms. The van der Waals surface area contributed by atoms with E-state index in [1.54, 1.807) is 0 Å². The van der Waals surface area contributed by atoms with Crippen molar-refractivity contribution in [2.24, 2.45) is 51.1 Å². The van der Waals surface area contributed by atoms with Gasteiger partial charge in [0.05, 0.1) is 5.92 Å². The lowest BCUT2D eigenvalue weighted by Gasteiger charge is -2.55. The third kappa shape index (κ3) is 3.48. The molecule has 0 aromatic rings. The third-order valence-electron chi connectivity index (χ3n) is 9.50. The van der Waals surface area contributed by atoms with Crippen molar-refractivity contribution in [3.8, 4) is 0 Å². The summed E-state index contributed by atoms with van der Waals surface area (Å²) < 4.78 is 6.69. The van der Waals surface area contributed by atoms with Gasteiger partial charge < -0.3 is 10.5 Å². The minimum absolute atomic E-state index is 0.0609. The molecule has 0 saturated heterocycles. The van der Waals surface area contributed by atoms with Crippen molar-refractivity contribution in [2.75, 3.05) is 6.54 Å². The van der Waals surface area contributed by atoms with E-state index in [1.165, 1.54) is 25.7 Å². The Bertz CT molecular complexity index is 640. The molecule has 3 aliphatic rings. The first kappa shape index (κ1) is 23.1. The van der Waals surface area contributed by atoms with Gasteiger partial charge in [-0.2, -0.15) is 0 Å². The summed E-state index contributed by atoms with van der Waals surface area (Å²) in [6.45, 7) is 21.2. The lowest BCUT2D eigenvalue weighted by molar-refractivity contribution is -0.208. The molecule has 3 rings (SSSR count). The molecular formula is C26H47NO2. The van der Waals surface area contributed by atoms with Crippen LogP contribution in [0.4, 0.5) is 0 Å². The molecule has 0 aliphatic heterocycles. The molecular weight excluding hydrogens is 358 g/mol. The summed E-state index contributed by atoms with van der Waals surface area (Å²) >= 11 is 0. The normalized spacial score (nSPS) is 39.9. The number of nitrogens with two attached hydrogens (primary N) is 1. The Morgan fingerprint density at radius 1 is 1.07 bits per heavy atom. The van der Waals surface area contributed by atoms with Crippen molar-refractivity contribution >= 4 is 5.97 Å². The van der Waals surface area contributed by atoms with Crippen LogP contribution in [0.5, 0.6) is 0 Å². The topological polar surface area (TPSA) is 52.3 Å². The quantitative estimate of drug-likeness (QED) is 0.567. The Labute approximate surface area is 179 Å². The van der Waals surface area contributed by atoms with Crippen LogP contribution in [0, 0.1) is 45.3 Å². The molecule has 0 radical (unpaired) electrons. The molecule has 1 spiro atoms. The van der Waals surface area contributed by atoms with Crippen LogP contribution in [0.1, 0.15) is 101 Å². The van der Waals surface area contributed by atoms with Gasteiger partial charge in [0.1, 0.15) is 5.60 Å². The largest absolute Gasteiger partial charge is 0.458 e. The minimum atomic E-state index is -0.395. The summed E-state index contributed by atoms with van der Waals surface area (Å²) in [5.41, 5.74) is 6.31. The number of rotatable bonds is 4. The van der Waals surface area contributed by atoms with E-state index in [2.05, 4.69) is 62.3 Å². The third-order valence-corrected chi connectivity index (χ3v) is 9.50. The first-order valence-electron chi connectivity index (χ1n) is 12.0. The number of fused-ring (bicyclic) bond motifs is 1. The SMILES string of the molecule is CC1CCC2C(C)(C)C3CC12CCC3(OC(=O)C(CN)CC(C)(C)C)C(C)(C)C. The molecule has 6 atom stereocenters. The van der Waals surface area contributed by atoms with Crippen molar-refractivity contribution in [1.82, 2.24) is 0 Å². The highest BCUT2D eigenvalue weighted by Crippen LogP contribution is 2.75. The highest BCUT2D eigenvalue weighted by Gasteiger charge is 2.72. The predicted molar refractivity (Wildman–Crippen MR) is 120 cm³/mol. The van der Waals surface area contributed by atoms with Crippen molar-refractivity contribution in [2.45, 2.75) is 106 Å². The maximum atomic E-state index is 13.5. The van der Waals surface area contributed by atoms with Gasteiger partial charge in [0.25, 0.3) is 0 Å². The van der Waals surface area contributed by atoms with Crippen molar-refractivity contribution in [3.05, 3.63) is 0 Å². The predicted octanol–water partition coefficient (Wildman–Crippen LogP) is 6.20. The van der Waals surface area contributed by atoms with Gasteiger partial charge in [-0.3, -0.25) is 4.79 Å². The Balaban J connectivity index is 1.96. The molecule has 3 saturated carbocycles. The number of hydrogen-bond donors (Lipinski definition) is 1. The molecule has 0 aromatic carbocycles. The molecule has 29 heavy (non-hydrogen) atoms. The summed E-state index contributed by atoms with van der Waals surface area (Å²) in [5, 5.41) is 0. The molecule has 6 unspecified atom stereocenters. The molecule has 0 aromatic heterocycles. The van der Waals surface area contributed by atoms with Gasteiger partial charge in [0.15, 0.2) is 0 Å². The average Bonchev–Trinajstić information content (AvgIpc) is 2.98. The maximum absolute atomic E-state index is 13.5. The lowest BCUT2D eigenvalue weighted by Crippen LogP contribution is -2.58. The first-order valence-corrected chi connectivity index (χ1v) is 12.0. The zero-order valence-corrected chi connectivity index (χ0v) is 20.7. The number of hydrogen-bond acceptors (Lipinski definition) is 3. The summed E-state index contributed by atoms with van der Waals surface area (Å²) in [4.78, 5) is 13.5. The van der Waals surface area contributed by atoms with E-state index in [0.29, 0.717) is 17.9 Å². The molecule has 3 nitrogen and oxygen atoms in total. The van der Waals surface area contributed by atoms with Crippen molar-refractivity contribution in [1.29, 1.82) is 0 Å². The van der Waals surface area contributed by atoms with Gasteiger partial charge in [-0.15, -0.1) is 0 Å². The summed E-state index contributed by atoms with van der Waals surface area (Å²) in [6, 6.07) is 0. The fraction of sp³-hybridized carbons (Fsp3) is 0.962. The van der Waals surface area contributed by atoms with E-state index in [0.717, 1.165) is 24.7 Å². The fourth-order valence-electron chi connectivity index (χ4n) is 8.00. The van der Waals surface area contributed by atoms with E-state index in [9.17, 15) is 4.79 Å². The second-order valence-corrected chi connectivity index (χ2v) is 13.6. The minimum Gasteiger partial charge on any atom is -0.458 e. The smallest absolute Gasteiger partial charge is 0.310 e. The Morgan fingerprint density at radius 3 is 2.21 bits per heavy atom. The highest BCUT2D eigenvalue weighted by molar-refractivity contribution is 5.73. The van der Waals surface area contributed by atoms with Crippen LogP contribution < -0.4 is 5.73 Å². The van der Waals surface area contributed by atoms with Gasteiger partial charge in [0, 0.05) is 17.9 Å². The van der Waals surface area contributed by atoms with Crippen molar-refractivity contribution in [3.63, 3.8) is 0 Å². The van der Waals surface area contributed by atoms with E-state index in [-0.39, 0.29) is 28.1 Å². The molecule has 2 N–H and O–H groups in total. The standard InChI is InChI=1S/C26H47NO2/c1-17-10-11-19-24(8,9)20-15-25(17,19)12-13-26(20,23(5,6)7)29-21(28)18(16-27)14-22(2,3)4/h17-20H,10-16,27H2,1-9H3.